The summed E-state index contributed by atoms with van der Waals surface area (Å²) in [4.78, 5) is 38.3. The Balaban J connectivity index is 1.11. The van der Waals surface area contributed by atoms with Crippen LogP contribution in [0.3, 0.4) is 0 Å². The number of carbonyl (C=O) groups is 2. The van der Waals surface area contributed by atoms with E-state index in [4.69, 9.17) is 4.98 Å². The Labute approximate surface area is 250 Å². The fourth-order valence-corrected chi connectivity index (χ4v) is 9.22. The van der Waals surface area contributed by atoms with Gasteiger partial charge in [0, 0.05) is 64.9 Å². The fraction of sp³-hybridized carbons (Fsp3) is 0.727. The Kier molecular flexibility index (Phi) is 8.60. The van der Waals surface area contributed by atoms with Crippen LogP contribution < -0.4 is 5.32 Å². The molecule has 0 radical (unpaired) electrons. The highest BCUT2D eigenvalue weighted by Crippen LogP contribution is 2.43. The van der Waals surface area contributed by atoms with Crippen molar-refractivity contribution < 1.29 is 9.59 Å². The average molecular weight is 580 g/mol. The molecule has 0 aromatic carbocycles. The Bertz CT molecular complexity index is 1230. The Morgan fingerprint density at radius 2 is 1.76 bits per heavy atom. The molecule has 3 aliphatic heterocycles. The largest absolute Gasteiger partial charge is 0.348 e. The van der Waals surface area contributed by atoms with E-state index in [1.807, 2.05) is 30.1 Å². The molecular formula is C33H49N5O2S. The van der Waals surface area contributed by atoms with Crippen LogP contribution in [0, 0.1) is 25.7 Å². The molecule has 2 aromatic rings. The molecule has 4 aliphatic rings. The number of nitrogens with zero attached hydrogens (tertiary/aromatic N) is 4. The topological polar surface area (TPSA) is 70.5 Å². The minimum absolute atomic E-state index is 0.0312. The third kappa shape index (κ3) is 6.01. The van der Waals surface area contributed by atoms with Gasteiger partial charge < -0.3 is 14.8 Å². The zero-order chi connectivity index (χ0) is 28.7. The van der Waals surface area contributed by atoms with Crippen LogP contribution in [0.25, 0.3) is 0 Å². The third-order valence-electron chi connectivity index (χ3n) is 10.3. The van der Waals surface area contributed by atoms with Gasteiger partial charge in [0.1, 0.15) is 5.82 Å². The predicted octanol–water partition coefficient (Wildman–Crippen LogP) is 6.10. The lowest BCUT2D eigenvalue weighted by Gasteiger charge is -2.41. The van der Waals surface area contributed by atoms with Crippen LogP contribution in [0.4, 0.5) is 0 Å². The summed E-state index contributed by atoms with van der Waals surface area (Å²) in [5.41, 5.74) is 2.48. The van der Waals surface area contributed by atoms with Gasteiger partial charge in [-0.2, -0.15) is 0 Å². The van der Waals surface area contributed by atoms with E-state index >= 15 is 0 Å². The van der Waals surface area contributed by atoms with Crippen LogP contribution in [0.5, 0.6) is 0 Å². The molecule has 1 saturated carbocycles. The summed E-state index contributed by atoms with van der Waals surface area (Å²) in [7, 11) is 0. The van der Waals surface area contributed by atoms with Crippen LogP contribution in [0.1, 0.15) is 117 Å². The summed E-state index contributed by atoms with van der Waals surface area (Å²) in [6.07, 6.45) is 12.5. The average Bonchev–Trinajstić information content (AvgIpc) is 3.61. The molecule has 3 fully saturated rings. The zero-order valence-electron chi connectivity index (χ0n) is 25.5. The molecule has 2 amide bonds. The first-order valence-electron chi connectivity index (χ1n) is 16.3. The van der Waals surface area contributed by atoms with Crippen molar-refractivity contribution in [2.24, 2.45) is 11.8 Å². The molecule has 2 saturated heterocycles. The minimum atomic E-state index is 0.0312. The summed E-state index contributed by atoms with van der Waals surface area (Å²) in [6.45, 7) is 10.8. The highest BCUT2D eigenvalue weighted by atomic mass is 32.1. The van der Waals surface area contributed by atoms with Crippen molar-refractivity contribution in [2.75, 3.05) is 13.1 Å². The van der Waals surface area contributed by atoms with Crippen molar-refractivity contribution in [3.8, 4) is 0 Å². The zero-order valence-corrected chi connectivity index (χ0v) is 26.3. The summed E-state index contributed by atoms with van der Waals surface area (Å²) < 4.78 is 2.55. The van der Waals surface area contributed by atoms with E-state index in [9.17, 15) is 9.59 Å². The van der Waals surface area contributed by atoms with Gasteiger partial charge in [-0.25, -0.2) is 4.98 Å². The summed E-state index contributed by atoms with van der Waals surface area (Å²) in [5, 5.41) is 3.50. The van der Waals surface area contributed by atoms with Crippen molar-refractivity contribution in [1.29, 1.82) is 0 Å². The van der Waals surface area contributed by atoms with E-state index in [0.29, 0.717) is 24.7 Å². The first-order chi connectivity index (χ1) is 19.8. The quantitative estimate of drug-likeness (QED) is 0.410. The number of fused-ring (bicyclic) bond motifs is 3. The van der Waals surface area contributed by atoms with Crippen LogP contribution in [0.15, 0.2) is 12.1 Å². The number of amides is 2. The molecule has 8 heteroatoms. The minimum Gasteiger partial charge on any atom is -0.348 e. The van der Waals surface area contributed by atoms with E-state index in [0.717, 1.165) is 50.3 Å². The first-order valence-corrected chi connectivity index (χ1v) is 17.1. The highest BCUT2D eigenvalue weighted by Gasteiger charge is 2.42. The summed E-state index contributed by atoms with van der Waals surface area (Å²) in [5.74, 6) is 1.85. The second-order valence-electron chi connectivity index (χ2n) is 13.5. The van der Waals surface area contributed by atoms with Crippen molar-refractivity contribution in [2.45, 2.75) is 129 Å². The number of aryl methyl sites for hydroxylation is 2. The van der Waals surface area contributed by atoms with Crippen molar-refractivity contribution in [1.82, 2.24) is 24.7 Å². The molecular weight excluding hydrogens is 530 g/mol. The molecule has 2 aromatic heterocycles. The van der Waals surface area contributed by atoms with Gasteiger partial charge in [0.05, 0.1) is 18.3 Å². The summed E-state index contributed by atoms with van der Waals surface area (Å²) >= 11 is 1.84. The van der Waals surface area contributed by atoms with Gasteiger partial charge >= 0.3 is 0 Å². The van der Waals surface area contributed by atoms with Gasteiger partial charge in [-0.05, 0) is 70.9 Å². The first kappa shape index (κ1) is 28.9. The number of aromatic nitrogens is 2. The highest BCUT2D eigenvalue weighted by molar-refractivity contribution is 7.12. The molecule has 1 unspecified atom stereocenters. The van der Waals surface area contributed by atoms with Crippen molar-refractivity contribution >= 4 is 23.2 Å². The van der Waals surface area contributed by atoms with Crippen LogP contribution in [-0.2, 0) is 22.6 Å². The lowest BCUT2D eigenvalue weighted by molar-refractivity contribution is -0.135. The molecule has 2 bridgehead atoms. The van der Waals surface area contributed by atoms with E-state index in [1.54, 1.807) is 0 Å². The normalized spacial score (nSPS) is 25.9. The van der Waals surface area contributed by atoms with Crippen molar-refractivity contribution in [3.63, 3.8) is 0 Å². The lowest BCUT2D eigenvalue weighted by Crippen LogP contribution is -2.45. The Morgan fingerprint density at radius 1 is 1.02 bits per heavy atom. The number of rotatable bonds is 8. The molecule has 1 N–H and O–H groups in total. The third-order valence-corrected chi connectivity index (χ3v) is 11.4. The Hall–Kier alpha value is -2.19. The monoisotopic (exact) mass is 579 g/mol. The molecule has 1 aliphatic carbocycles. The number of hydrogen-bond donors (Lipinski definition) is 1. The van der Waals surface area contributed by atoms with Crippen LogP contribution in [-0.4, -0.2) is 56.3 Å². The van der Waals surface area contributed by atoms with Gasteiger partial charge in [-0.3, -0.25) is 14.5 Å². The maximum Gasteiger partial charge on any atom is 0.225 e. The number of imidazole rings is 1. The number of carbonyl (C=O) groups excluding carboxylic acids is 2. The number of nitrogens with one attached hydrogen (secondary N) is 1. The predicted molar refractivity (Wildman–Crippen MR) is 164 cm³/mol. The molecule has 224 valence electrons. The Morgan fingerprint density at radius 3 is 2.41 bits per heavy atom. The number of hydrogen-bond acceptors (Lipinski definition) is 5. The SMILES string of the molecule is Cc1ccc([C@H](CCN2[C@@H]3CC[C@H]2CC(n2c(C)nc4c2CCN(C(=O)C(C)C)C4)C3)NC(=O)C2CCCCC2)s1. The molecule has 41 heavy (non-hydrogen) atoms. The smallest absolute Gasteiger partial charge is 0.225 e. The molecule has 7 nitrogen and oxygen atoms in total. The fourth-order valence-electron chi connectivity index (χ4n) is 8.26. The summed E-state index contributed by atoms with van der Waals surface area (Å²) in [6, 6.07) is 6.22. The lowest BCUT2D eigenvalue weighted by atomic mass is 9.88. The second-order valence-corrected chi connectivity index (χ2v) is 14.8. The van der Waals surface area contributed by atoms with Gasteiger partial charge in [0.15, 0.2) is 0 Å². The number of thiophene rings is 1. The van der Waals surface area contributed by atoms with E-state index in [2.05, 4.69) is 40.8 Å². The van der Waals surface area contributed by atoms with Crippen LogP contribution >= 0.6 is 11.3 Å². The van der Waals surface area contributed by atoms with Gasteiger partial charge in [-0.15, -0.1) is 11.3 Å². The van der Waals surface area contributed by atoms with Crippen molar-refractivity contribution in [3.05, 3.63) is 39.1 Å². The van der Waals surface area contributed by atoms with Gasteiger partial charge in [0.25, 0.3) is 0 Å². The van der Waals surface area contributed by atoms with E-state index < -0.39 is 0 Å². The molecule has 0 spiro atoms. The van der Waals surface area contributed by atoms with E-state index in [-0.39, 0.29) is 29.7 Å². The van der Waals surface area contributed by atoms with Gasteiger partial charge in [0.2, 0.25) is 11.8 Å². The van der Waals surface area contributed by atoms with E-state index in [1.165, 1.54) is 60.4 Å². The molecule has 4 atom stereocenters. The second kappa shape index (κ2) is 12.2. The van der Waals surface area contributed by atoms with Gasteiger partial charge in [-0.1, -0.05) is 33.1 Å². The maximum absolute atomic E-state index is 13.2. The van der Waals surface area contributed by atoms with Crippen LogP contribution in [0.2, 0.25) is 0 Å². The molecule has 5 heterocycles. The number of piperidine rings is 1. The maximum atomic E-state index is 13.2. The molecule has 6 rings (SSSR count). The standard InChI is InChI=1S/C33H49N5O2S/c1-21(2)33(40)36-16-15-30-29(20-36)34-23(4)38(30)27-18-25-11-12-26(19-27)37(25)17-14-28(31-13-10-22(3)41-31)35-32(39)24-8-6-5-7-9-24/h10,13,21,24-28H,5-9,11-12,14-20H2,1-4H3,(H,35,39)/t25-,26+,27?,28-/m0/s1.